The molecule has 1 heterocycles. The number of ether oxygens (including phenoxy) is 2. The van der Waals surface area contributed by atoms with Crippen LogP contribution in [0, 0.1) is 0 Å². The van der Waals surface area contributed by atoms with Crippen molar-refractivity contribution in [2.75, 3.05) is 26.7 Å². The van der Waals surface area contributed by atoms with Gasteiger partial charge in [0.15, 0.2) is 6.10 Å². The average Bonchev–Trinajstić information content (AvgIpc) is 2.40. The Labute approximate surface area is 114 Å². The van der Waals surface area contributed by atoms with Crippen LogP contribution in [0.25, 0.3) is 0 Å². The van der Waals surface area contributed by atoms with Crippen LogP contribution < -0.4 is 9.64 Å². The van der Waals surface area contributed by atoms with E-state index in [0.29, 0.717) is 12.2 Å². The molecule has 0 aliphatic carbocycles. The molecular weight excluding hydrogens is 242 g/mol. The van der Waals surface area contributed by atoms with Crippen LogP contribution in [0.5, 0.6) is 5.75 Å². The molecule has 0 saturated carbocycles. The van der Waals surface area contributed by atoms with Crippen molar-refractivity contribution in [3.63, 3.8) is 0 Å². The number of likely N-dealkylation sites (tertiary alicyclic amines) is 1. The van der Waals surface area contributed by atoms with Crippen LogP contribution in [0.3, 0.4) is 0 Å². The van der Waals surface area contributed by atoms with Crippen LogP contribution in [-0.4, -0.2) is 38.8 Å². The van der Waals surface area contributed by atoms with Gasteiger partial charge in [-0.15, -0.1) is 0 Å². The molecule has 0 spiro atoms. The highest BCUT2D eigenvalue weighted by atomic mass is 16.5. The van der Waals surface area contributed by atoms with Crippen molar-refractivity contribution in [3.8, 4) is 5.75 Å². The monoisotopic (exact) mass is 264 g/mol. The van der Waals surface area contributed by atoms with Crippen molar-refractivity contribution in [2.45, 2.75) is 25.9 Å². The molecule has 0 aromatic heterocycles. The van der Waals surface area contributed by atoms with Crippen molar-refractivity contribution >= 4 is 5.97 Å². The van der Waals surface area contributed by atoms with Gasteiger partial charge in [0.2, 0.25) is 0 Å². The van der Waals surface area contributed by atoms with Gasteiger partial charge in [-0.2, -0.15) is 0 Å². The predicted octanol–water partition coefficient (Wildman–Crippen LogP) is 0.919. The maximum absolute atomic E-state index is 12.0. The number of hydrogen-bond donors (Lipinski definition) is 1. The number of esters is 1. The molecule has 4 nitrogen and oxygen atoms in total. The summed E-state index contributed by atoms with van der Waals surface area (Å²) in [5, 5.41) is 0. The molecule has 1 aliphatic heterocycles. The van der Waals surface area contributed by atoms with E-state index in [2.05, 4.69) is 7.05 Å². The zero-order valence-corrected chi connectivity index (χ0v) is 11.6. The fourth-order valence-electron chi connectivity index (χ4n) is 2.40. The SMILES string of the molecule is CCOc1ccc(C(=O)O[C@H]2CCC[NH+](C)C2)cc1. The van der Waals surface area contributed by atoms with E-state index in [1.807, 2.05) is 6.92 Å². The van der Waals surface area contributed by atoms with E-state index in [-0.39, 0.29) is 12.1 Å². The summed E-state index contributed by atoms with van der Waals surface area (Å²) in [6.07, 6.45) is 2.14. The minimum atomic E-state index is -0.234. The number of quaternary nitrogens is 1. The third-order valence-corrected chi connectivity index (χ3v) is 3.38. The lowest BCUT2D eigenvalue weighted by Gasteiger charge is -2.26. The van der Waals surface area contributed by atoms with Crippen LogP contribution >= 0.6 is 0 Å². The summed E-state index contributed by atoms with van der Waals surface area (Å²) < 4.78 is 10.9. The van der Waals surface area contributed by atoms with E-state index >= 15 is 0 Å². The second kappa shape index (κ2) is 6.57. The molecule has 1 fully saturated rings. The van der Waals surface area contributed by atoms with Crippen molar-refractivity contribution < 1.29 is 19.2 Å². The number of carbonyl (C=O) groups is 1. The topological polar surface area (TPSA) is 40.0 Å². The van der Waals surface area contributed by atoms with Gasteiger partial charge in [0.1, 0.15) is 12.3 Å². The molecular formula is C15H22NO3+. The first-order chi connectivity index (χ1) is 9.19. The summed E-state index contributed by atoms with van der Waals surface area (Å²) in [6, 6.07) is 7.12. The Kier molecular flexibility index (Phi) is 4.80. The van der Waals surface area contributed by atoms with Crippen LogP contribution in [0.4, 0.5) is 0 Å². The Morgan fingerprint density at radius 1 is 1.37 bits per heavy atom. The zero-order valence-electron chi connectivity index (χ0n) is 11.6. The molecule has 1 saturated heterocycles. The largest absolute Gasteiger partial charge is 0.494 e. The van der Waals surface area contributed by atoms with Crippen LogP contribution in [0.1, 0.15) is 30.1 Å². The third-order valence-electron chi connectivity index (χ3n) is 3.38. The van der Waals surface area contributed by atoms with Gasteiger partial charge in [0, 0.05) is 6.42 Å². The molecule has 1 aromatic carbocycles. The van der Waals surface area contributed by atoms with Gasteiger partial charge in [-0.1, -0.05) is 0 Å². The lowest BCUT2D eigenvalue weighted by molar-refractivity contribution is -0.888. The van der Waals surface area contributed by atoms with Gasteiger partial charge < -0.3 is 14.4 Å². The Morgan fingerprint density at radius 3 is 2.74 bits per heavy atom. The first-order valence-electron chi connectivity index (χ1n) is 6.94. The summed E-state index contributed by atoms with van der Waals surface area (Å²) >= 11 is 0. The summed E-state index contributed by atoms with van der Waals surface area (Å²) in [6.45, 7) is 4.63. The van der Waals surface area contributed by atoms with Gasteiger partial charge in [-0.3, -0.25) is 0 Å². The zero-order chi connectivity index (χ0) is 13.7. The van der Waals surface area contributed by atoms with Gasteiger partial charge >= 0.3 is 5.97 Å². The molecule has 4 heteroatoms. The Morgan fingerprint density at radius 2 is 2.11 bits per heavy atom. The maximum Gasteiger partial charge on any atom is 0.338 e. The van der Waals surface area contributed by atoms with Crippen LogP contribution in [0.2, 0.25) is 0 Å². The molecule has 1 aliphatic rings. The van der Waals surface area contributed by atoms with Gasteiger partial charge in [-0.25, -0.2) is 4.79 Å². The van der Waals surface area contributed by atoms with E-state index in [0.717, 1.165) is 31.7 Å². The van der Waals surface area contributed by atoms with E-state index < -0.39 is 0 Å². The van der Waals surface area contributed by atoms with Crippen LogP contribution in [-0.2, 0) is 4.74 Å². The smallest absolute Gasteiger partial charge is 0.338 e. The minimum Gasteiger partial charge on any atom is -0.494 e. The van der Waals surface area contributed by atoms with Crippen molar-refractivity contribution in [1.82, 2.24) is 0 Å². The normalized spacial score (nSPS) is 22.8. The number of piperidine rings is 1. The average molecular weight is 264 g/mol. The number of benzene rings is 1. The number of hydrogen-bond acceptors (Lipinski definition) is 3. The molecule has 1 unspecified atom stereocenters. The molecule has 2 atom stereocenters. The highest BCUT2D eigenvalue weighted by molar-refractivity contribution is 5.89. The maximum atomic E-state index is 12.0. The lowest BCUT2D eigenvalue weighted by Crippen LogP contribution is -3.11. The molecule has 1 aromatic rings. The summed E-state index contributed by atoms with van der Waals surface area (Å²) in [7, 11) is 2.14. The second-order valence-electron chi connectivity index (χ2n) is 5.04. The van der Waals surface area contributed by atoms with Gasteiger partial charge in [0.05, 0.1) is 25.8 Å². The van der Waals surface area contributed by atoms with E-state index in [1.165, 1.54) is 4.90 Å². The lowest BCUT2D eigenvalue weighted by atomic mass is 10.1. The molecule has 0 radical (unpaired) electrons. The Hall–Kier alpha value is -1.55. The van der Waals surface area contributed by atoms with E-state index in [4.69, 9.17) is 9.47 Å². The Balaban J connectivity index is 1.91. The molecule has 0 amide bonds. The van der Waals surface area contributed by atoms with Crippen molar-refractivity contribution in [2.24, 2.45) is 0 Å². The fourth-order valence-corrected chi connectivity index (χ4v) is 2.40. The summed E-state index contributed by atoms with van der Waals surface area (Å²) in [5.41, 5.74) is 0.590. The first kappa shape index (κ1) is 13.9. The number of carbonyl (C=O) groups excluding carboxylic acids is 1. The van der Waals surface area contributed by atoms with E-state index in [9.17, 15) is 4.79 Å². The van der Waals surface area contributed by atoms with Gasteiger partial charge in [-0.05, 0) is 37.6 Å². The highest BCUT2D eigenvalue weighted by Gasteiger charge is 2.24. The molecule has 2 rings (SSSR count). The van der Waals surface area contributed by atoms with Crippen LogP contribution in [0.15, 0.2) is 24.3 Å². The van der Waals surface area contributed by atoms with Gasteiger partial charge in [0.25, 0.3) is 0 Å². The first-order valence-corrected chi connectivity index (χ1v) is 6.94. The molecule has 19 heavy (non-hydrogen) atoms. The Bertz CT molecular complexity index is 416. The van der Waals surface area contributed by atoms with Crippen molar-refractivity contribution in [1.29, 1.82) is 0 Å². The molecule has 104 valence electrons. The second-order valence-corrected chi connectivity index (χ2v) is 5.04. The fraction of sp³-hybridized carbons (Fsp3) is 0.533. The number of likely N-dealkylation sites (N-methyl/N-ethyl adjacent to an activating group) is 1. The number of rotatable bonds is 4. The highest BCUT2D eigenvalue weighted by Crippen LogP contribution is 2.14. The molecule has 1 N–H and O–H groups in total. The minimum absolute atomic E-state index is 0.0489. The third kappa shape index (κ3) is 3.96. The summed E-state index contributed by atoms with van der Waals surface area (Å²) in [5.74, 6) is 0.545. The standard InChI is InChI=1S/C15H21NO3/c1-3-18-13-8-6-12(7-9-13)15(17)19-14-5-4-10-16(2)11-14/h6-9,14H,3-5,10-11H2,1-2H3/p+1/t14-/m0/s1. The number of nitrogens with one attached hydrogen (secondary N) is 1. The molecule has 0 bridgehead atoms. The predicted molar refractivity (Wildman–Crippen MR) is 72.7 cm³/mol. The van der Waals surface area contributed by atoms with E-state index in [1.54, 1.807) is 24.3 Å². The summed E-state index contributed by atoms with van der Waals surface area (Å²) in [4.78, 5) is 13.4. The quantitative estimate of drug-likeness (QED) is 0.822. The van der Waals surface area contributed by atoms with Crippen molar-refractivity contribution in [3.05, 3.63) is 29.8 Å².